The van der Waals surface area contributed by atoms with E-state index in [0.717, 1.165) is 51.4 Å². The van der Waals surface area contributed by atoms with Crippen LogP contribution in [0.2, 0.25) is 0 Å². The quantitative estimate of drug-likeness (QED) is 0.624. The molecule has 4 heterocycles. The van der Waals surface area contributed by atoms with Crippen LogP contribution in [0.25, 0.3) is 5.65 Å². The average Bonchev–Trinajstić information content (AvgIpc) is 3.42. The van der Waals surface area contributed by atoms with Crippen molar-refractivity contribution in [2.24, 2.45) is 0 Å². The summed E-state index contributed by atoms with van der Waals surface area (Å²) in [5, 5.41) is 16.2. The van der Waals surface area contributed by atoms with Crippen LogP contribution < -0.4 is 10.2 Å². The molecule has 1 amide bonds. The second-order valence-electron chi connectivity index (χ2n) is 8.05. The Bertz CT molecular complexity index is 867. The Balaban J connectivity index is 1.32. The van der Waals surface area contributed by atoms with E-state index in [2.05, 4.69) is 39.2 Å². The molecule has 0 aliphatic carbocycles. The third kappa shape index (κ3) is 5.13. The number of aryl methyl sites for hydroxylation is 1. The summed E-state index contributed by atoms with van der Waals surface area (Å²) in [6, 6.07) is 3.90. The Morgan fingerprint density at radius 2 is 1.90 bits per heavy atom. The SMILES string of the molecule is CCN(CC)CCNC(=O)CCc1nnc2ccc(N3CCC4(CC3)OCCO4)nn12. The van der Waals surface area contributed by atoms with Gasteiger partial charge in [0.25, 0.3) is 0 Å². The third-order valence-corrected chi connectivity index (χ3v) is 6.20. The number of nitrogens with one attached hydrogen (secondary N) is 1. The molecule has 0 unspecified atom stereocenters. The van der Waals surface area contributed by atoms with Crippen molar-refractivity contribution in [3.63, 3.8) is 0 Å². The van der Waals surface area contributed by atoms with Gasteiger partial charge in [0.1, 0.15) is 5.82 Å². The number of ether oxygens (including phenoxy) is 2. The molecule has 0 bridgehead atoms. The highest BCUT2D eigenvalue weighted by molar-refractivity contribution is 5.76. The number of nitrogens with zero attached hydrogens (tertiary/aromatic N) is 6. The minimum absolute atomic E-state index is 0.0259. The summed E-state index contributed by atoms with van der Waals surface area (Å²) in [5.74, 6) is 1.20. The van der Waals surface area contributed by atoms with Gasteiger partial charge in [-0.2, -0.15) is 4.52 Å². The molecule has 10 heteroatoms. The fourth-order valence-electron chi connectivity index (χ4n) is 4.22. The highest BCUT2D eigenvalue weighted by atomic mass is 16.7. The number of piperidine rings is 1. The lowest BCUT2D eigenvalue weighted by Crippen LogP contribution is -2.45. The van der Waals surface area contributed by atoms with Gasteiger partial charge in [-0.15, -0.1) is 15.3 Å². The highest BCUT2D eigenvalue weighted by Crippen LogP contribution is 2.32. The van der Waals surface area contributed by atoms with E-state index in [1.807, 2.05) is 12.1 Å². The van der Waals surface area contributed by atoms with Gasteiger partial charge in [-0.1, -0.05) is 13.8 Å². The fourth-order valence-corrected chi connectivity index (χ4v) is 4.22. The first-order chi connectivity index (χ1) is 15.1. The van der Waals surface area contributed by atoms with Crippen molar-refractivity contribution in [1.29, 1.82) is 0 Å². The Morgan fingerprint density at radius 3 is 2.61 bits per heavy atom. The van der Waals surface area contributed by atoms with Crippen LogP contribution in [-0.2, 0) is 20.7 Å². The van der Waals surface area contributed by atoms with Crippen LogP contribution in [0.4, 0.5) is 5.82 Å². The summed E-state index contributed by atoms with van der Waals surface area (Å²) < 4.78 is 13.4. The molecule has 2 fully saturated rings. The van der Waals surface area contributed by atoms with Gasteiger partial charge in [0.05, 0.1) is 13.2 Å². The van der Waals surface area contributed by atoms with Crippen molar-refractivity contribution in [1.82, 2.24) is 30.0 Å². The molecule has 2 aliphatic rings. The van der Waals surface area contributed by atoms with Crippen LogP contribution in [0, 0.1) is 0 Å². The normalized spacial score (nSPS) is 18.4. The van der Waals surface area contributed by atoms with Crippen molar-refractivity contribution in [2.75, 3.05) is 57.4 Å². The lowest BCUT2D eigenvalue weighted by atomic mass is 10.0. The average molecular weight is 432 g/mol. The Kier molecular flexibility index (Phi) is 6.99. The van der Waals surface area contributed by atoms with Gasteiger partial charge in [-0.25, -0.2) is 0 Å². The molecular weight excluding hydrogens is 398 g/mol. The zero-order chi connectivity index (χ0) is 21.7. The molecule has 10 nitrogen and oxygen atoms in total. The van der Waals surface area contributed by atoms with Crippen LogP contribution in [0.5, 0.6) is 0 Å². The van der Waals surface area contributed by atoms with Gasteiger partial charge in [0.2, 0.25) is 5.91 Å². The topological polar surface area (TPSA) is 97.1 Å². The van der Waals surface area contributed by atoms with Gasteiger partial charge in [0, 0.05) is 51.9 Å². The number of hydrogen-bond donors (Lipinski definition) is 1. The second kappa shape index (κ2) is 9.88. The predicted molar refractivity (Wildman–Crippen MR) is 116 cm³/mol. The molecule has 4 rings (SSSR count). The van der Waals surface area contributed by atoms with E-state index in [0.29, 0.717) is 44.1 Å². The van der Waals surface area contributed by atoms with Crippen molar-refractivity contribution >= 4 is 17.4 Å². The monoisotopic (exact) mass is 431 g/mol. The number of rotatable bonds is 9. The molecule has 0 aromatic carbocycles. The number of amides is 1. The third-order valence-electron chi connectivity index (χ3n) is 6.20. The minimum atomic E-state index is -0.402. The number of aromatic nitrogens is 4. The number of hydrogen-bond acceptors (Lipinski definition) is 8. The van der Waals surface area contributed by atoms with E-state index in [-0.39, 0.29) is 5.91 Å². The van der Waals surface area contributed by atoms with E-state index in [1.54, 1.807) is 4.52 Å². The lowest BCUT2D eigenvalue weighted by molar-refractivity contribution is -0.169. The second-order valence-corrected chi connectivity index (χ2v) is 8.05. The number of carbonyl (C=O) groups excluding carboxylic acids is 1. The predicted octanol–water partition coefficient (Wildman–Crippen LogP) is 0.858. The fraction of sp³-hybridized carbons (Fsp3) is 0.714. The summed E-state index contributed by atoms with van der Waals surface area (Å²) in [6.45, 7) is 10.8. The van der Waals surface area contributed by atoms with E-state index in [9.17, 15) is 4.79 Å². The first-order valence-electron chi connectivity index (χ1n) is 11.4. The molecule has 170 valence electrons. The standard InChI is InChI=1S/C21H33N7O3/c1-3-26(4-2)14-11-22-20(29)8-7-18-24-23-17-5-6-19(25-28(17)18)27-12-9-21(10-13-27)30-15-16-31-21/h5-6H,3-4,7-16H2,1-2H3,(H,22,29). The molecule has 2 aromatic rings. The summed E-state index contributed by atoms with van der Waals surface area (Å²) in [4.78, 5) is 16.7. The Labute approximate surface area is 182 Å². The molecule has 2 aromatic heterocycles. The maximum absolute atomic E-state index is 12.2. The van der Waals surface area contributed by atoms with E-state index in [4.69, 9.17) is 14.6 Å². The summed E-state index contributed by atoms with van der Waals surface area (Å²) in [7, 11) is 0. The van der Waals surface area contributed by atoms with Crippen molar-refractivity contribution in [2.45, 2.75) is 45.3 Å². The molecule has 1 spiro atoms. The van der Waals surface area contributed by atoms with Crippen LogP contribution in [0.3, 0.4) is 0 Å². The molecular formula is C21H33N7O3. The van der Waals surface area contributed by atoms with Crippen LogP contribution in [0.15, 0.2) is 12.1 Å². The van der Waals surface area contributed by atoms with Crippen LogP contribution >= 0.6 is 0 Å². The number of fused-ring (bicyclic) bond motifs is 1. The molecule has 2 aliphatic heterocycles. The molecule has 31 heavy (non-hydrogen) atoms. The zero-order valence-corrected chi connectivity index (χ0v) is 18.5. The van der Waals surface area contributed by atoms with E-state index in [1.165, 1.54) is 0 Å². The number of anilines is 1. The zero-order valence-electron chi connectivity index (χ0n) is 18.5. The number of carbonyl (C=O) groups is 1. The minimum Gasteiger partial charge on any atom is -0.355 e. The first-order valence-corrected chi connectivity index (χ1v) is 11.4. The van der Waals surface area contributed by atoms with Gasteiger partial charge >= 0.3 is 0 Å². The Morgan fingerprint density at radius 1 is 1.16 bits per heavy atom. The van der Waals surface area contributed by atoms with Crippen LogP contribution in [-0.4, -0.2) is 88.9 Å². The lowest BCUT2D eigenvalue weighted by Gasteiger charge is -2.38. The smallest absolute Gasteiger partial charge is 0.220 e. The molecule has 1 N–H and O–H groups in total. The van der Waals surface area contributed by atoms with Gasteiger partial charge in [-0.3, -0.25) is 4.79 Å². The molecule has 0 saturated carbocycles. The largest absolute Gasteiger partial charge is 0.355 e. The maximum atomic E-state index is 12.2. The van der Waals surface area contributed by atoms with Crippen molar-refractivity contribution in [3.05, 3.63) is 18.0 Å². The molecule has 0 atom stereocenters. The summed E-state index contributed by atoms with van der Waals surface area (Å²) in [6.07, 6.45) is 2.52. The van der Waals surface area contributed by atoms with Gasteiger partial charge in [0.15, 0.2) is 17.3 Å². The van der Waals surface area contributed by atoms with Crippen molar-refractivity contribution < 1.29 is 14.3 Å². The van der Waals surface area contributed by atoms with E-state index < -0.39 is 5.79 Å². The molecule has 2 saturated heterocycles. The van der Waals surface area contributed by atoms with Crippen LogP contribution in [0.1, 0.15) is 38.9 Å². The van der Waals surface area contributed by atoms with Gasteiger partial charge < -0.3 is 24.6 Å². The van der Waals surface area contributed by atoms with Crippen molar-refractivity contribution in [3.8, 4) is 0 Å². The first kappa shape index (κ1) is 21.9. The maximum Gasteiger partial charge on any atom is 0.220 e. The van der Waals surface area contributed by atoms with E-state index >= 15 is 0 Å². The van der Waals surface area contributed by atoms with Gasteiger partial charge in [-0.05, 0) is 25.2 Å². The summed E-state index contributed by atoms with van der Waals surface area (Å²) >= 11 is 0. The summed E-state index contributed by atoms with van der Waals surface area (Å²) in [5.41, 5.74) is 0.691. The molecule has 0 radical (unpaired) electrons. The Hall–Kier alpha value is -2.30. The highest BCUT2D eigenvalue weighted by Gasteiger charge is 2.40. The number of likely N-dealkylation sites (N-methyl/N-ethyl adjacent to an activating group) is 1.